The second-order valence-corrected chi connectivity index (χ2v) is 5.23. The van der Waals surface area contributed by atoms with Crippen LogP contribution in [0.4, 0.5) is 0 Å². The lowest BCUT2D eigenvalue weighted by Crippen LogP contribution is -2.42. The van der Waals surface area contributed by atoms with Crippen LogP contribution in [0.1, 0.15) is 17.4 Å². The zero-order valence-electron chi connectivity index (χ0n) is 10.8. The zero-order valence-corrected chi connectivity index (χ0v) is 11.6. The molecule has 0 aromatic carbocycles. The highest BCUT2D eigenvalue weighted by molar-refractivity contribution is 7.10. The van der Waals surface area contributed by atoms with Gasteiger partial charge in [-0.2, -0.15) is 0 Å². The lowest BCUT2D eigenvalue weighted by atomic mass is 10.3. The van der Waals surface area contributed by atoms with Crippen molar-refractivity contribution in [3.63, 3.8) is 0 Å². The number of carboxylic acids is 1. The van der Waals surface area contributed by atoms with Crippen LogP contribution in [0.2, 0.25) is 0 Å². The number of amides is 1. The van der Waals surface area contributed by atoms with Gasteiger partial charge in [0.25, 0.3) is 0 Å². The van der Waals surface area contributed by atoms with Gasteiger partial charge in [0, 0.05) is 4.88 Å². The van der Waals surface area contributed by atoms with Crippen LogP contribution in [0.5, 0.6) is 0 Å². The lowest BCUT2D eigenvalue weighted by molar-refractivity contribution is -0.142. The van der Waals surface area contributed by atoms with Gasteiger partial charge in [-0.15, -0.1) is 11.3 Å². The molecule has 1 heterocycles. The van der Waals surface area contributed by atoms with E-state index in [1.54, 1.807) is 25.3 Å². The first-order chi connectivity index (χ1) is 8.41. The molecular weight excluding hydrogens is 252 g/mol. The number of thiophene rings is 1. The number of carboxylic acid groups (broad SMARTS) is 1. The lowest BCUT2D eigenvalue weighted by Gasteiger charge is -2.20. The Morgan fingerprint density at radius 1 is 1.56 bits per heavy atom. The van der Waals surface area contributed by atoms with E-state index in [9.17, 15) is 9.59 Å². The third kappa shape index (κ3) is 4.12. The molecule has 0 fully saturated rings. The molecule has 0 aliphatic heterocycles. The summed E-state index contributed by atoms with van der Waals surface area (Å²) in [6.45, 7) is 4.13. The summed E-state index contributed by atoms with van der Waals surface area (Å²) in [6, 6.07) is 1.34. The topological polar surface area (TPSA) is 69.6 Å². The molecule has 1 unspecified atom stereocenters. The molecule has 0 saturated heterocycles. The average molecular weight is 270 g/mol. The third-order valence-corrected chi connectivity index (χ3v) is 3.85. The molecule has 1 aromatic rings. The fourth-order valence-corrected chi connectivity index (χ4v) is 2.22. The van der Waals surface area contributed by atoms with Crippen LogP contribution in [0.15, 0.2) is 11.4 Å². The minimum atomic E-state index is -0.931. The van der Waals surface area contributed by atoms with Crippen molar-refractivity contribution in [3.05, 3.63) is 21.9 Å². The molecule has 0 aliphatic rings. The van der Waals surface area contributed by atoms with Crippen LogP contribution in [0, 0.1) is 6.92 Å². The first kappa shape index (κ1) is 14.7. The zero-order chi connectivity index (χ0) is 13.7. The van der Waals surface area contributed by atoms with Gasteiger partial charge < -0.3 is 10.4 Å². The maximum atomic E-state index is 11.6. The van der Waals surface area contributed by atoms with Gasteiger partial charge in [0.15, 0.2) is 0 Å². The highest BCUT2D eigenvalue weighted by Crippen LogP contribution is 2.14. The molecule has 18 heavy (non-hydrogen) atoms. The van der Waals surface area contributed by atoms with Crippen LogP contribution < -0.4 is 5.32 Å². The normalized spacial score (nSPS) is 12.4. The van der Waals surface area contributed by atoms with E-state index in [-0.39, 0.29) is 12.5 Å². The number of likely N-dealkylation sites (N-methyl/N-ethyl adjacent to an activating group) is 1. The third-order valence-electron chi connectivity index (χ3n) is 2.83. The summed E-state index contributed by atoms with van der Waals surface area (Å²) in [5.41, 5.74) is 1.16. The Hall–Kier alpha value is -1.40. The van der Waals surface area contributed by atoms with Crippen LogP contribution in [-0.4, -0.2) is 41.5 Å². The van der Waals surface area contributed by atoms with Crippen molar-refractivity contribution in [2.24, 2.45) is 0 Å². The number of hydrogen-bond acceptors (Lipinski definition) is 4. The van der Waals surface area contributed by atoms with E-state index in [0.717, 1.165) is 10.4 Å². The molecule has 2 N–H and O–H groups in total. The van der Waals surface area contributed by atoms with Gasteiger partial charge in [-0.3, -0.25) is 14.5 Å². The molecule has 1 aromatic heterocycles. The Kier molecular flexibility index (Phi) is 5.30. The Bertz CT molecular complexity index is 431. The van der Waals surface area contributed by atoms with Gasteiger partial charge in [0.05, 0.1) is 13.1 Å². The Balaban J connectivity index is 2.38. The Morgan fingerprint density at radius 3 is 2.72 bits per heavy atom. The standard InChI is InChI=1S/C12H18N2O3S/c1-8-4-5-18-10(8)6-13-11(15)7-14(3)9(2)12(16)17/h4-5,9H,6-7H2,1-3H3,(H,13,15)(H,16,17). The predicted octanol–water partition coefficient (Wildman–Crippen LogP) is 1.08. The minimum absolute atomic E-state index is 0.0812. The number of hydrogen-bond donors (Lipinski definition) is 2. The summed E-state index contributed by atoms with van der Waals surface area (Å²) in [6.07, 6.45) is 0. The maximum absolute atomic E-state index is 11.6. The molecule has 0 spiro atoms. The molecule has 1 atom stereocenters. The molecule has 5 nitrogen and oxygen atoms in total. The van der Waals surface area contributed by atoms with Crippen LogP contribution in [0.25, 0.3) is 0 Å². The summed E-state index contributed by atoms with van der Waals surface area (Å²) in [5, 5.41) is 13.6. The van der Waals surface area contributed by atoms with Gasteiger partial charge in [-0.25, -0.2) is 0 Å². The largest absolute Gasteiger partial charge is 0.480 e. The number of carbonyl (C=O) groups is 2. The highest BCUT2D eigenvalue weighted by atomic mass is 32.1. The minimum Gasteiger partial charge on any atom is -0.480 e. The molecule has 0 saturated carbocycles. The Morgan fingerprint density at radius 2 is 2.22 bits per heavy atom. The van der Waals surface area contributed by atoms with Crippen molar-refractivity contribution in [2.75, 3.05) is 13.6 Å². The van der Waals surface area contributed by atoms with Crippen molar-refractivity contribution >= 4 is 23.2 Å². The monoisotopic (exact) mass is 270 g/mol. The number of carbonyl (C=O) groups excluding carboxylic acids is 1. The van der Waals surface area contributed by atoms with E-state index in [4.69, 9.17) is 5.11 Å². The summed E-state index contributed by atoms with van der Waals surface area (Å²) in [5.74, 6) is -1.10. The van der Waals surface area contributed by atoms with Gasteiger partial charge >= 0.3 is 5.97 Å². The Labute approximate surface area is 110 Å². The fourth-order valence-electron chi connectivity index (χ4n) is 1.37. The van der Waals surface area contributed by atoms with Gasteiger partial charge in [0.2, 0.25) is 5.91 Å². The first-order valence-corrected chi connectivity index (χ1v) is 6.52. The van der Waals surface area contributed by atoms with E-state index >= 15 is 0 Å². The van der Waals surface area contributed by atoms with E-state index in [0.29, 0.717) is 6.54 Å². The second kappa shape index (κ2) is 6.51. The number of rotatable bonds is 6. The molecule has 6 heteroatoms. The number of nitrogens with zero attached hydrogens (tertiary/aromatic N) is 1. The van der Waals surface area contributed by atoms with E-state index < -0.39 is 12.0 Å². The maximum Gasteiger partial charge on any atom is 0.320 e. The van der Waals surface area contributed by atoms with Crippen molar-refractivity contribution in [1.82, 2.24) is 10.2 Å². The molecule has 1 rings (SSSR count). The van der Waals surface area contributed by atoms with Crippen LogP contribution in [0.3, 0.4) is 0 Å². The van der Waals surface area contributed by atoms with Gasteiger partial charge in [0.1, 0.15) is 6.04 Å². The number of nitrogens with one attached hydrogen (secondary N) is 1. The molecule has 100 valence electrons. The molecule has 0 radical (unpaired) electrons. The average Bonchev–Trinajstić information content (AvgIpc) is 2.71. The van der Waals surface area contributed by atoms with Crippen molar-refractivity contribution in [2.45, 2.75) is 26.4 Å². The molecule has 0 bridgehead atoms. The fraction of sp³-hybridized carbons (Fsp3) is 0.500. The quantitative estimate of drug-likeness (QED) is 0.811. The predicted molar refractivity (Wildman–Crippen MR) is 70.6 cm³/mol. The summed E-state index contributed by atoms with van der Waals surface area (Å²) in [7, 11) is 1.62. The van der Waals surface area contributed by atoms with E-state index in [1.807, 2.05) is 18.4 Å². The number of aliphatic carboxylic acids is 1. The van der Waals surface area contributed by atoms with Crippen LogP contribution in [-0.2, 0) is 16.1 Å². The van der Waals surface area contributed by atoms with Crippen molar-refractivity contribution in [3.8, 4) is 0 Å². The molecule has 1 amide bonds. The highest BCUT2D eigenvalue weighted by Gasteiger charge is 2.18. The van der Waals surface area contributed by atoms with E-state index in [2.05, 4.69) is 5.32 Å². The van der Waals surface area contributed by atoms with Crippen molar-refractivity contribution < 1.29 is 14.7 Å². The van der Waals surface area contributed by atoms with Crippen molar-refractivity contribution in [1.29, 1.82) is 0 Å². The van der Waals surface area contributed by atoms with Gasteiger partial charge in [-0.1, -0.05) is 0 Å². The smallest absolute Gasteiger partial charge is 0.320 e. The molecular formula is C12H18N2O3S. The summed E-state index contributed by atoms with van der Waals surface area (Å²) in [4.78, 5) is 25.0. The molecule has 0 aliphatic carbocycles. The SMILES string of the molecule is Cc1ccsc1CNC(=O)CN(C)C(C)C(=O)O. The van der Waals surface area contributed by atoms with E-state index in [1.165, 1.54) is 4.90 Å². The van der Waals surface area contributed by atoms with Crippen LogP contribution >= 0.6 is 11.3 Å². The summed E-state index contributed by atoms with van der Waals surface area (Å²) < 4.78 is 0. The number of aryl methyl sites for hydroxylation is 1. The summed E-state index contributed by atoms with van der Waals surface area (Å²) >= 11 is 1.60. The van der Waals surface area contributed by atoms with Gasteiger partial charge in [-0.05, 0) is 37.9 Å². The second-order valence-electron chi connectivity index (χ2n) is 4.23. The first-order valence-electron chi connectivity index (χ1n) is 5.64.